The Hall–Kier alpha value is -2.44. The lowest BCUT2D eigenvalue weighted by molar-refractivity contribution is 0.0986. The number of hydrogen-bond acceptors (Lipinski definition) is 5. The lowest BCUT2D eigenvalue weighted by atomic mass is 10.1. The van der Waals surface area contributed by atoms with Crippen molar-refractivity contribution in [3.05, 3.63) is 41.3 Å². The maximum atomic E-state index is 13.6. The molecule has 0 spiro atoms. The molecule has 1 aliphatic rings. The number of hydrogen-bond donors (Lipinski definition) is 1. The van der Waals surface area contributed by atoms with Gasteiger partial charge in [0, 0.05) is 5.92 Å². The van der Waals surface area contributed by atoms with Crippen LogP contribution < -0.4 is 10.5 Å². The molecule has 3 rings (SSSR count). The van der Waals surface area contributed by atoms with E-state index in [2.05, 4.69) is 10.1 Å². The van der Waals surface area contributed by atoms with Crippen LogP contribution in [0.3, 0.4) is 0 Å². The maximum Gasteiger partial charge on any atom is 0.267 e. The van der Waals surface area contributed by atoms with Crippen LogP contribution in [0.25, 0.3) is 0 Å². The third kappa shape index (κ3) is 2.72. The molecule has 1 fully saturated rings. The van der Waals surface area contributed by atoms with E-state index in [0.29, 0.717) is 11.7 Å². The van der Waals surface area contributed by atoms with Crippen molar-refractivity contribution in [1.29, 1.82) is 0 Å². The molecule has 21 heavy (non-hydrogen) atoms. The molecule has 1 saturated carbocycles. The van der Waals surface area contributed by atoms with Gasteiger partial charge in [-0.2, -0.15) is 4.98 Å². The molecule has 2 aromatic rings. The second-order valence-corrected chi connectivity index (χ2v) is 5.00. The summed E-state index contributed by atoms with van der Waals surface area (Å²) in [6, 6.07) is 4.06. The van der Waals surface area contributed by atoms with E-state index < -0.39 is 17.8 Å². The molecule has 0 unspecified atom stereocenters. The van der Waals surface area contributed by atoms with Crippen LogP contribution in [0, 0.1) is 5.82 Å². The third-order valence-electron chi connectivity index (χ3n) is 3.27. The van der Waals surface area contributed by atoms with Crippen LogP contribution in [0.2, 0.25) is 0 Å². The number of nitrogens with zero attached hydrogens (tertiary/aromatic N) is 2. The Labute approximate surface area is 120 Å². The van der Waals surface area contributed by atoms with Crippen LogP contribution in [-0.2, 0) is 0 Å². The molecule has 7 heteroatoms. The van der Waals surface area contributed by atoms with E-state index in [1.165, 1.54) is 12.1 Å². The first kappa shape index (κ1) is 13.5. The lowest BCUT2D eigenvalue weighted by Gasteiger charge is -2.13. The van der Waals surface area contributed by atoms with E-state index in [1.807, 2.05) is 0 Å². The molecule has 0 radical (unpaired) electrons. The normalized spacial score (nSPS) is 15.7. The first-order chi connectivity index (χ1) is 10.1. The number of carbonyl (C=O) groups is 1. The SMILES string of the molecule is C[C@H](Oc1cccc(F)c1C(N)=O)c1nc(C2CC2)no1. The van der Waals surface area contributed by atoms with Crippen LogP contribution >= 0.6 is 0 Å². The van der Waals surface area contributed by atoms with E-state index in [1.54, 1.807) is 6.92 Å². The highest BCUT2D eigenvalue weighted by atomic mass is 19.1. The topological polar surface area (TPSA) is 91.2 Å². The number of carbonyl (C=O) groups excluding carboxylic acids is 1. The summed E-state index contributed by atoms with van der Waals surface area (Å²) >= 11 is 0. The molecule has 2 N–H and O–H groups in total. The van der Waals surface area contributed by atoms with Gasteiger partial charge in [-0.05, 0) is 31.9 Å². The zero-order chi connectivity index (χ0) is 15.0. The first-order valence-corrected chi connectivity index (χ1v) is 6.64. The highest BCUT2D eigenvalue weighted by Crippen LogP contribution is 2.38. The van der Waals surface area contributed by atoms with Gasteiger partial charge in [-0.1, -0.05) is 11.2 Å². The molecule has 6 nitrogen and oxygen atoms in total. The van der Waals surface area contributed by atoms with Gasteiger partial charge < -0.3 is 15.0 Å². The molecule has 1 heterocycles. The van der Waals surface area contributed by atoms with Crippen molar-refractivity contribution in [3.8, 4) is 5.75 Å². The molecular weight excluding hydrogens is 277 g/mol. The molecule has 110 valence electrons. The van der Waals surface area contributed by atoms with Gasteiger partial charge in [0.1, 0.15) is 17.1 Å². The summed E-state index contributed by atoms with van der Waals surface area (Å²) in [7, 11) is 0. The predicted molar refractivity (Wildman–Crippen MR) is 70.2 cm³/mol. The van der Waals surface area contributed by atoms with Crippen LogP contribution in [0.5, 0.6) is 5.75 Å². The van der Waals surface area contributed by atoms with E-state index in [-0.39, 0.29) is 17.2 Å². The highest BCUT2D eigenvalue weighted by molar-refractivity contribution is 5.95. The number of aromatic nitrogens is 2. The van der Waals surface area contributed by atoms with Crippen molar-refractivity contribution < 1.29 is 18.4 Å². The van der Waals surface area contributed by atoms with Gasteiger partial charge in [-0.15, -0.1) is 0 Å². The van der Waals surface area contributed by atoms with Crippen molar-refractivity contribution in [1.82, 2.24) is 10.1 Å². The second kappa shape index (κ2) is 5.16. The summed E-state index contributed by atoms with van der Waals surface area (Å²) in [5, 5.41) is 3.88. The number of amides is 1. The summed E-state index contributed by atoms with van der Waals surface area (Å²) < 4.78 is 24.3. The van der Waals surface area contributed by atoms with E-state index in [4.69, 9.17) is 15.0 Å². The molecule has 1 aliphatic carbocycles. The number of rotatable bonds is 5. The number of benzene rings is 1. The Bertz CT molecular complexity index is 682. The van der Waals surface area contributed by atoms with Crippen LogP contribution in [0.1, 0.15) is 53.9 Å². The highest BCUT2D eigenvalue weighted by Gasteiger charge is 2.30. The smallest absolute Gasteiger partial charge is 0.267 e. The summed E-state index contributed by atoms with van der Waals surface area (Å²) in [6.45, 7) is 1.68. The Balaban J connectivity index is 1.82. The fourth-order valence-corrected chi connectivity index (χ4v) is 2.00. The van der Waals surface area contributed by atoms with E-state index in [0.717, 1.165) is 18.9 Å². The molecule has 1 aromatic carbocycles. The summed E-state index contributed by atoms with van der Waals surface area (Å²) in [5.74, 6) is -0.242. The average Bonchev–Trinajstić information content (AvgIpc) is 3.16. The minimum Gasteiger partial charge on any atom is -0.480 e. The fourth-order valence-electron chi connectivity index (χ4n) is 2.00. The van der Waals surface area contributed by atoms with Gasteiger partial charge >= 0.3 is 0 Å². The maximum absolute atomic E-state index is 13.6. The largest absolute Gasteiger partial charge is 0.480 e. The zero-order valence-corrected chi connectivity index (χ0v) is 11.4. The van der Waals surface area contributed by atoms with E-state index >= 15 is 0 Å². The number of nitrogens with two attached hydrogens (primary N) is 1. The monoisotopic (exact) mass is 291 g/mol. The van der Waals surface area contributed by atoms with Crippen molar-refractivity contribution in [2.24, 2.45) is 5.73 Å². The van der Waals surface area contributed by atoms with Gasteiger partial charge in [0.2, 0.25) is 0 Å². The molecule has 1 amide bonds. The van der Waals surface area contributed by atoms with Gasteiger partial charge in [0.25, 0.3) is 11.8 Å². The summed E-state index contributed by atoms with van der Waals surface area (Å²) in [5.41, 5.74) is 4.89. The Morgan fingerprint density at radius 3 is 2.95 bits per heavy atom. The zero-order valence-electron chi connectivity index (χ0n) is 11.4. The minimum atomic E-state index is -0.889. The Morgan fingerprint density at radius 1 is 1.52 bits per heavy atom. The molecule has 0 aliphatic heterocycles. The first-order valence-electron chi connectivity index (χ1n) is 6.64. The van der Waals surface area contributed by atoms with Crippen LogP contribution in [0.15, 0.2) is 22.7 Å². The van der Waals surface area contributed by atoms with Gasteiger partial charge in [0.15, 0.2) is 11.9 Å². The molecule has 0 bridgehead atoms. The summed E-state index contributed by atoms with van der Waals surface area (Å²) in [4.78, 5) is 15.6. The van der Waals surface area contributed by atoms with Gasteiger partial charge in [0.05, 0.1) is 0 Å². The number of ether oxygens (including phenoxy) is 1. The number of halogens is 1. The molecule has 1 aromatic heterocycles. The Kier molecular flexibility index (Phi) is 3.32. The van der Waals surface area contributed by atoms with Gasteiger partial charge in [-0.25, -0.2) is 4.39 Å². The second-order valence-electron chi connectivity index (χ2n) is 5.00. The van der Waals surface area contributed by atoms with Crippen molar-refractivity contribution in [2.45, 2.75) is 31.8 Å². The predicted octanol–water partition coefficient (Wildman–Crippen LogP) is 2.33. The molecular formula is C14H14FN3O3. The fraction of sp³-hybridized carbons (Fsp3) is 0.357. The Morgan fingerprint density at radius 2 is 2.29 bits per heavy atom. The van der Waals surface area contributed by atoms with Crippen LogP contribution in [-0.4, -0.2) is 16.0 Å². The van der Waals surface area contributed by atoms with Crippen molar-refractivity contribution in [2.75, 3.05) is 0 Å². The summed E-state index contributed by atoms with van der Waals surface area (Å²) in [6.07, 6.45) is 1.51. The van der Waals surface area contributed by atoms with Crippen molar-refractivity contribution in [3.63, 3.8) is 0 Å². The van der Waals surface area contributed by atoms with Crippen LogP contribution in [0.4, 0.5) is 4.39 Å². The molecule has 1 atom stereocenters. The minimum absolute atomic E-state index is 0.0566. The van der Waals surface area contributed by atoms with Gasteiger partial charge in [-0.3, -0.25) is 4.79 Å². The lowest BCUT2D eigenvalue weighted by Crippen LogP contribution is -2.16. The quantitative estimate of drug-likeness (QED) is 0.912. The standard InChI is InChI=1S/C14H14FN3O3/c1-7(14-17-13(18-21-14)8-5-6-8)20-10-4-2-3-9(15)11(10)12(16)19/h2-4,7-8H,5-6H2,1H3,(H2,16,19)/t7-/m0/s1. The third-order valence-corrected chi connectivity index (χ3v) is 3.27. The van der Waals surface area contributed by atoms with Crippen molar-refractivity contribution >= 4 is 5.91 Å². The number of primary amides is 1. The average molecular weight is 291 g/mol. The van der Waals surface area contributed by atoms with E-state index in [9.17, 15) is 9.18 Å². The molecule has 0 saturated heterocycles.